The summed E-state index contributed by atoms with van der Waals surface area (Å²) in [6.07, 6.45) is 2.88. The normalized spacial score (nSPS) is 15.0. The number of H-pyrrole nitrogens is 1. The number of nitrogens with one attached hydrogen (secondary N) is 1. The second-order valence-corrected chi connectivity index (χ2v) is 2.14. The number of hydrogen-bond acceptors (Lipinski definition) is 4. The van der Waals surface area contributed by atoms with Crippen molar-refractivity contribution in [2.24, 2.45) is 5.73 Å². The molecule has 1 aromatic heterocycles. The summed E-state index contributed by atoms with van der Waals surface area (Å²) in [7, 11) is 0. The van der Waals surface area contributed by atoms with Gasteiger partial charge in [-0.25, -0.2) is 4.98 Å². The van der Waals surface area contributed by atoms with Gasteiger partial charge in [-0.1, -0.05) is 0 Å². The minimum absolute atomic E-state index is 0.170. The Morgan fingerprint density at radius 2 is 3.00 bits per heavy atom. The zero-order valence-corrected chi connectivity index (χ0v) is 5.73. The molecule has 0 spiro atoms. The van der Waals surface area contributed by atoms with Gasteiger partial charge in [0, 0.05) is 12.6 Å². The first kappa shape index (κ1) is 5.31. The van der Waals surface area contributed by atoms with E-state index in [4.69, 9.17) is 8.58 Å². The van der Waals surface area contributed by atoms with E-state index < -0.39 is 12.0 Å². The molecule has 1 rings (SSSR count). The summed E-state index contributed by atoms with van der Waals surface area (Å²) >= 11 is 0. The van der Waals surface area contributed by atoms with Gasteiger partial charge in [0.05, 0.1) is 12.0 Å². The zero-order chi connectivity index (χ0) is 9.84. The zero-order valence-electron chi connectivity index (χ0n) is 7.73. The molecule has 0 amide bonds. The summed E-state index contributed by atoms with van der Waals surface area (Å²) in [5, 5.41) is 3.70. The Balaban J connectivity index is 2.54. The average Bonchev–Trinajstić information content (AvgIpc) is 2.49. The lowest BCUT2D eigenvalue weighted by Crippen LogP contribution is -2.32. The fourth-order valence-electron chi connectivity index (χ4n) is 0.674. The summed E-state index contributed by atoms with van der Waals surface area (Å²) in [6.45, 7) is 0. The molecular weight excluding hydrogens is 146 g/mol. The highest BCUT2D eigenvalue weighted by molar-refractivity contribution is 5.73. The van der Waals surface area contributed by atoms with E-state index in [2.05, 4.69) is 10.1 Å². The van der Waals surface area contributed by atoms with Crippen LogP contribution >= 0.6 is 0 Å². The molecule has 0 radical (unpaired) electrons. The molecule has 0 aliphatic heterocycles. The minimum atomic E-state index is -0.896. The van der Waals surface area contributed by atoms with Gasteiger partial charge in [-0.3, -0.25) is 4.79 Å². The van der Waals surface area contributed by atoms with Gasteiger partial charge in [-0.15, -0.1) is 0 Å². The van der Waals surface area contributed by atoms with Gasteiger partial charge in [0.25, 0.3) is 1.43 Å². The van der Waals surface area contributed by atoms with Crippen LogP contribution < -0.4 is 5.73 Å². The van der Waals surface area contributed by atoms with Crippen LogP contribution in [0, 0.1) is 0 Å². The lowest BCUT2D eigenvalue weighted by atomic mass is 10.2. The van der Waals surface area contributed by atoms with Crippen molar-refractivity contribution < 1.29 is 11.3 Å². The summed E-state index contributed by atoms with van der Waals surface area (Å²) in [5.41, 5.74) is 5.89. The van der Waals surface area contributed by atoms with E-state index >= 15 is 0 Å². The third-order valence-corrected chi connectivity index (χ3v) is 1.25. The lowest BCUT2D eigenvalue weighted by Gasteiger charge is -2.01. The molecule has 4 N–H and O–H groups in total. The Hall–Kier alpha value is -1.36. The van der Waals surface area contributed by atoms with Crippen LogP contribution in [0.3, 0.4) is 0 Å². The van der Waals surface area contributed by atoms with Crippen molar-refractivity contribution in [1.82, 2.24) is 9.96 Å². The molecule has 0 fully saturated rings. The molecule has 5 heteroatoms. The van der Waals surface area contributed by atoms with Gasteiger partial charge < -0.3 is 15.8 Å². The first-order chi connectivity index (χ1) is 6.13. The highest BCUT2D eigenvalue weighted by atomic mass is 16.4. The second kappa shape index (κ2) is 3.16. The summed E-state index contributed by atoms with van der Waals surface area (Å²) in [6, 6.07) is -0.896. The largest absolute Gasteiger partial charge is 0.480 e. The van der Waals surface area contributed by atoms with Crippen molar-refractivity contribution in [1.29, 1.82) is 1.43 Å². The summed E-state index contributed by atoms with van der Waals surface area (Å²) < 4.78 is 13.4. The quantitative estimate of drug-likeness (QED) is 0.544. The molecule has 0 saturated heterocycles. The number of aromatic nitrogens is 2. The monoisotopic (exact) mass is 157 g/mol. The average molecular weight is 157 g/mol. The number of aliphatic carboxylic acids is 1. The van der Waals surface area contributed by atoms with Gasteiger partial charge in [-0.05, 0) is 0 Å². The molecule has 11 heavy (non-hydrogen) atoms. The van der Waals surface area contributed by atoms with Crippen LogP contribution in [-0.4, -0.2) is 27.1 Å². The SMILES string of the molecule is [2H]OC(=O)[C@@H](N)Cc1cn([2H])cn1. The molecule has 1 aromatic rings. The number of carboxylic acid groups (broad SMARTS) is 1. The van der Waals surface area contributed by atoms with Crippen molar-refractivity contribution >= 4 is 5.97 Å². The lowest BCUT2D eigenvalue weighted by molar-refractivity contribution is -0.138. The molecule has 0 aliphatic rings. The topological polar surface area (TPSA) is 92.0 Å². The number of nitrogens with zero attached hydrogens (tertiary/aromatic N) is 1. The van der Waals surface area contributed by atoms with Crippen molar-refractivity contribution in [3.8, 4) is 0 Å². The van der Waals surface area contributed by atoms with Crippen molar-refractivity contribution in [2.75, 3.05) is 0 Å². The highest BCUT2D eigenvalue weighted by Crippen LogP contribution is 1.95. The van der Waals surface area contributed by atoms with Crippen LogP contribution in [0.15, 0.2) is 12.5 Å². The number of carboxylic acids is 1. The first-order valence-electron chi connectivity index (χ1n) is 3.93. The Morgan fingerprint density at radius 1 is 2.18 bits per heavy atom. The Morgan fingerprint density at radius 3 is 3.55 bits per heavy atom. The molecule has 5 nitrogen and oxygen atoms in total. The maximum Gasteiger partial charge on any atom is 0.320 e. The molecule has 1 heterocycles. The molecule has 0 saturated carbocycles. The smallest absolute Gasteiger partial charge is 0.320 e. The standard InChI is InChI=1S/C6H9N3O2/c7-5(6(10)11)1-4-2-8-3-9-4/h2-3,5H,1,7H2,(H,8,9)(H,10,11)/t5-/m0/s1/i/hD2. The number of imidazole rings is 1. The van der Waals surface area contributed by atoms with Gasteiger partial charge in [0.15, 0.2) is 1.41 Å². The van der Waals surface area contributed by atoms with Crippen LogP contribution in [0.2, 0.25) is 1.41 Å². The van der Waals surface area contributed by atoms with E-state index in [1.54, 1.807) is 0 Å². The number of hydrogen-bond donors (Lipinski definition) is 3. The number of aromatic amines is 1. The van der Waals surface area contributed by atoms with Crippen molar-refractivity contribution in [2.45, 2.75) is 12.5 Å². The maximum absolute atomic E-state index is 10.7. The van der Waals surface area contributed by atoms with E-state index in [9.17, 15) is 4.79 Å². The molecule has 0 bridgehead atoms. The molecule has 0 aromatic carbocycles. The number of carbonyl (C=O) groups is 1. The van der Waals surface area contributed by atoms with Crippen LogP contribution in [-0.2, 0) is 11.2 Å². The van der Waals surface area contributed by atoms with E-state index in [-0.39, 0.29) is 6.42 Å². The van der Waals surface area contributed by atoms with Crippen LogP contribution in [0.5, 0.6) is 0 Å². The fraction of sp³-hybridized carbons (Fsp3) is 0.333. The van der Waals surface area contributed by atoms with Crippen molar-refractivity contribution in [3.63, 3.8) is 0 Å². The van der Waals surface area contributed by atoms with E-state index in [1.165, 1.54) is 12.5 Å². The second-order valence-electron chi connectivity index (χ2n) is 2.14. The van der Waals surface area contributed by atoms with Crippen molar-refractivity contribution in [3.05, 3.63) is 18.2 Å². The molecule has 0 aliphatic carbocycles. The number of rotatable bonds is 3. The minimum Gasteiger partial charge on any atom is -0.480 e. The van der Waals surface area contributed by atoms with Gasteiger partial charge in [0.1, 0.15) is 6.04 Å². The highest BCUT2D eigenvalue weighted by Gasteiger charge is 2.12. The Bertz CT molecular complexity index is 302. The Kier molecular flexibility index (Phi) is 1.52. The summed E-state index contributed by atoms with van der Waals surface area (Å²) in [5.74, 6) is -0.806. The maximum atomic E-state index is 10.7. The number of nitrogens with two attached hydrogens (primary N) is 1. The molecule has 0 unspecified atom stereocenters. The predicted molar refractivity (Wildman–Crippen MR) is 37.9 cm³/mol. The van der Waals surface area contributed by atoms with Gasteiger partial charge in [0.2, 0.25) is 0 Å². The molecular formula is C6H9N3O2. The fourth-order valence-corrected chi connectivity index (χ4v) is 0.674. The van der Waals surface area contributed by atoms with Gasteiger partial charge >= 0.3 is 5.97 Å². The van der Waals surface area contributed by atoms with E-state index in [0.717, 1.165) is 4.98 Å². The molecule has 1 atom stereocenters. The van der Waals surface area contributed by atoms with Crippen LogP contribution in [0.4, 0.5) is 0 Å². The third-order valence-electron chi connectivity index (χ3n) is 1.25. The first-order valence-corrected chi connectivity index (χ1v) is 3.08. The van der Waals surface area contributed by atoms with E-state index in [1.807, 2.05) is 0 Å². The third kappa shape index (κ3) is 2.05. The van der Waals surface area contributed by atoms with Gasteiger partial charge in [-0.2, -0.15) is 0 Å². The van der Waals surface area contributed by atoms with E-state index in [0.29, 0.717) is 5.69 Å². The predicted octanol–water partition coefficient (Wildman–Crippen LogP) is -0.636. The molecule has 60 valence electrons. The summed E-state index contributed by atoms with van der Waals surface area (Å²) in [4.78, 5) is 15.5. The Labute approximate surface area is 66.2 Å². The van der Waals surface area contributed by atoms with Crippen LogP contribution in [0.25, 0.3) is 1.43 Å². The van der Waals surface area contributed by atoms with Crippen LogP contribution in [0.1, 0.15) is 5.69 Å².